The van der Waals surface area contributed by atoms with Crippen LogP contribution in [0.25, 0.3) is 0 Å². The lowest BCUT2D eigenvalue weighted by atomic mass is 10.1. The molecule has 0 saturated carbocycles. The van der Waals surface area contributed by atoms with E-state index in [4.69, 9.17) is 46.4 Å². The van der Waals surface area contributed by atoms with Crippen molar-refractivity contribution in [1.29, 1.82) is 0 Å². The molecule has 0 saturated heterocycles. The molecule has 0 aliphatic heterocycles. The van der Waals surface area contributed by atoms with Crippen molar-refractivity contribution >= 4 is 68.0 Å². The maximum absolute atomic E-state index is 6.24. The van der Waals surface area contributed by atoms with E-state index in [0.717, 1.165) is 15.7 Å². The van der Waals surface area contributed by atoms with E-state index in [1.54, 1.807) is 6.07 Å². The number of rotatable bonds is 3. The maximum atomic E-state index is 6.24. The van der Waals surface area contributed by atoms with Gasteiger partial charge in [-0.2, -0.15) is 0 Å². The van der Waals surface area contributed by atoms with Crippen LogP contribution in [0.4, 0.5) is 5.69 Å². The number of nitrogens with one attached hydrogen (secondary N) is 1. The van der Waals surface area contributed by atoms with Crippen molar-refractivity contribution in [2.45, 2.75) is 13.0 Å². The second-order valence-electron chi connectivity index (χ2n) is 4.25. The fourth-order valence-corrected chi connectivity index (χ4v) is 3.30. The monoisotopic (exact) mass is 411 g/mol. The van der Waals surface area contributed by atoms with Crippen LogP contribution in [-0.4, -0.2) is 0 Å². The zero-order valence-electron chi connectivity index (χ0n) is 10.4. The van der Waals surface area contributed by atoms with Gasteiger partial charge < -0.3 is 5.32 Å². The Bertz CT molecular complexity index is 645. The van der Waals surface area contributed by atoms with Crippen LogP contribution in [-0.2, 0) is 0 Å². The van der Waals surface area contributed by atoms with Gasteiger partial charge in [0.15, 0.2) is 0 Å². The highest BCUT2D eigenvalue weighted by Gasteiger charge is 2.15. The van der Waals surface area contributed by atoms with Gasteiger partial charge in [0.05, 0.1) is 21.1 Å². The van der Waals surface area contributed by atoms with Crippen LogP contribution in [0, 0.1) is 0 Å². The summed E-state index contributed by atoms with van der Waals surface area (Å²) in [5, 5.41) is 5.30. The Labute approximate surface area is 146 Å². The largest absolute Gasteiger partial charge is 0.378 e. The summed E-state index contributed by atoms with van der Waals surface area (Å²) in [6.45, 7) is 1.99. The zero-order chi connectivity index (χ0) is 14.9. The molecule has 2 aromatic rings. The van der Waals surface area contributed by atoms with Gasteiger partial charge in [-0.15, -0.1) is 0 Å². The number of hydrogen-bond donors (Lipinski definition) is 1. The third-order valence-corrected chi connectivity index (χ3v) is 5.03. The van der Waals surface area contributed by atoms with Gasteiger partial charge in [0.1, 0.15) is 0 Å². The van der Waals surface area contributed by atoms with Crippen LogP contribution in [0.1, 0.15) is 18.5 Å². The molecule has 2 rings (SSSR count). The van der Waals surface area contributed by atoms with Crippen molar-refractivity contribution < 1.29 is 0 Å². The molecule has 0 fully saturated rings. The summed E-state index contributed by atoms with van der Waals surface area (Å²) < 4.78 is 0.882. The SMILES string of the molecule is CC(Nc1ccc(Cl)cc1Br)c1ccc(Cl)c(Cl)c1Cl. The molecule has 1 unspecified atom stereocenters. The van der Waals surface area contributed by atoms with Crippen LogP contribution in [0.2, 0.25) is 20.1 Å². The molecule has 20 heavy (non-hydrogen) atoms. The third-order valence-electron chi connectivity index (χ3n) is 2.83. The van der Waals surface area contributed by atoms with E-state index in [1.165, 1.54) is 0 Å². The maximum Gasteiger partial charge on any atom is 0.0782 e. The predicted molar refractivity (Wildman–Crippen MR) is 92.7 cm³/mol. The Morgan fingerprint density at radius 1 is 1.00 bits per heavy atom. The van der Waals surface area contributed by atoms with E-state index in [2.05, 4.69) is 21.2 Å². The summed E-state index contributed by atoms with van der Waals surface area (Å²) in [5.41, 5.74) is 1.80. The smallest absolute Gasteiger partial charge is 0.0782 e. The van der Waals surface area contributed by atoms with Gasteiger partial charge in [0.25, 0.3) is 0 Å². The number of benzene rings is 2. The molecule has 0 heterocycles. The van der Waals surface area contributed by atoms with Crippen LogP contribution in [0.5, 0.6) is 0 Å². The Balaban J connectivity index is 2.28. The van der Waals surface area contributed by atoms with E-state index < -0.39 is 0 Å². The van der Waals surface area contributed by atoms with Gasteiger partial charge in [-0.25, -0.2) is 0 Å². The number of anilines is 1. The predicted octanol–water partition coefficient (Wildman–Crippen LogP) is 7.24. The summed E-state index contributed by atoms with van der Waals surface area (Å²) in [4.78, 5) is 0. The van der Waals surface area contributed by atoms with Crippen molar-refractivity contribution in [3.63, 3.8) is 0 Å². The first kappa shape index (κ1) is 16.3. The highest BCUT2D eigenvalue weighted by molar-refractivity contribution is 9.10. The normalized spacial score (nSPS) is 12.3. The molecule has 0 aliphatic rings. The molecule has 0 radical (unpaired) electrons. The zero-order valence-corrected chi connectivity index (χ0v) is 15.0. The summed E-state index contributed by atoms with van der Waals surface area (Å²) >= 11 is 27.6. The lowest BCUT2D eigenvalue weighted by Gasteiger charge is -2.19. The summed E-state index contributed by atoms with van der Waals surface area (Å²) in [6.07, 6.45) is 0. The van der Waals surface area contributed by atoms with Crippen molar-refractivity contribution in [2.75, 3.05) is 5.32 Å². The minimum atomic E-state index is -0.0326. The summed E-state index contributed by atoms with van der Waals surface area (Å²) in [5.74, 6) is 0. The van der Waals surface area contributed by atoms with Gasteiger partial charge in [-0.05, 0) is 52.7 Å². The minimum Gasteiger partial charge on any atom is -0.378 e. The van der Waals surface area contributed by atoms with Gasteiger partial charge in [0, 0.05) is 15.2 Å². The fraction of sp³-hybridized carbons (Fsp3) is 0.143. The van der Waals surface area contributed by atoms with Crippen LogP contribution in [0.15, 0.2) is 34.8 Å². The van der Waals surface area contributed by atoms with Gasteiger partial charge in [-0.1, -0.05) is 52.5 Å². The van der Waals surface area contributed by atoms with E-state index in [1.807, 2.05) is 31.2 Å². The quantitative estimate of drug-likeness (QED) is 0.523. The molecule has 6 heteroatoms. The first-order valence-corrected chi connectivity index (χ1v) is 8.05. The molecule has 0 amide bonds. The molecular formula is C14H10BrCl4N. The van der Waals surface area contributed by atoms with Crippen LogP contribution >= 0.6 is 62.3 Å². The van der Waals surface area contributed by atoms with Gasteiger partial charge >= 0.3 is 0 Å². The van der Waals surface area contributed by atoms with Crippen LogP contribution in [0.3, 0.4) is 0 Å². The highest BCUT2D eigenvalue weighted by atomic mass is 79.9. The number of halogens is 5. The third kappa shape index (κ3) is 3.55. The van der Waals surface area contributed by atoms with Crippen LogP contribution < -0.4 is 5.32 Å². The molecule has 0 spiro atoms. The highest BCUT2D eigenvalue weighted by Crippen LogP contribution is 2.37. The average Bonchev–Trinajstić information content (AvgIpc) is 2.39. The van der Waals surface area contributed by atoms with Crippen molar-refractivity contribution in [1.82, 2.24) is 0 Å². The molecule has 1 atom stereocenters. The Morgan fingerprint density at radius 3 is 2.35 bits per heavy atom. The fourth-order valence-electron chi connectivity index (χ4n) is 1.79. The molecule has 0 aromatic heterocycles. The summed E-state index contributed by atoms with van der Waals surface area (Å²) in [7, 11) is 0. The Morgan fingerprint density at radius 2 is 1.70 bits per heavy atom. The topological polar surface area (TPSA) is 12.0 Å². The summed E-state index contributed by atoms with van der Waals surface area (Å²) in [6, 6.07) is 9.10. The lowest BCUT2D eigenvalue weighted by Crippen LogP contribution is -2.08. The average molecular weight is 414 g/mol. The van der Waals surface area contributed by atoms with E-state index in [9.17, 15) is 0 Å². The van der Waals surface area contributed by atoms with Crippen molar-refractivity contribution in [3.8, 4) is 0 Å². The van der Waals surface area contributed by atoms with E-state index in [-0.39, 0.29) is 6.04 Å². The second kappa shape index (κ2) is 6.76. The second-order valence-corrected chi connectivity index (χ2v) is 6.71. The molecule has 106 valence electrons. The lowest BCUT2D eigenvalue weighted by molar-refractivity contribution is 0.884. The molecule has 1 N–H and O–H groups in total. The van der Waals surface area contributed by atoms with Gasteiger partial charge in [0.2, 0.25) is 0 Å². The van der Waals surface area contributed by atoms with Crippen molar-refractivity contribution in [2.24, 2.45) is 0 Å². The first-order chi connectivity index (χ1) is 9.40. The first-order valence-electron chi connectivity index (χ1n) is 5.75. The Hall–Kier alpha value is -0.120. The van der Waals surface area contributed by atoms with Crippen molar-refractivity contribution in [3.05, 3.63) is 60.5 Å². The molecule has 2 aromatic carbocycles. The molecule has 0 bridgehead atoms. The van der Waals surface area contributed by atoms with E-state index in [0.29, 0.717) is 20.1 Å². The van der Waals surface area contributed by atoms with E-state index >= 15 is 0 Å². The molecular weight excluding hydrogens is 404 g/mol. The Kier molecular flexibility index (Phi) is 5.49. The number of hydrogen-bond acceptors (Lipinski definition) is 1. The molecule has 1 nitrogen and oxygen atoms in total. The minimum absolute atomic E-state index is 0.0326. The molecule has 0 aliphatic carbocycles. The standard InChI is InChI=1S/C14H10BrCl4N/c1-7(9-3-4-11(17)14(19)13(9)18)20-12-5-2-8(16)6-10(12)15/h2-7,20H,1H3. The van der Waals surface area contributed by atoms with Gasteiger partial charge in [-0.3, -0.25) is 0 Å².